The van der Waals surface area contributed by atoms with Crippen LogP contribution in [0.3, 0.4) is 0 Å². The molecule has 4 aliphatic carbocycles. The van der Waals surface area contributed by atoms with Crippen LogP contribution >= 0.6 is 23.2 Å². The number of halogens is 2. The van der Waals surface area contributed by atoms with Crippen molar-refractivity contribution in [1.29, 1.82) is 0 Å². The average molecular weight is 1200 g/mol. The van der Waals surface area contributed by atoms with Gasteiger partial charge in [0.15, 0.2) is 25.0 Å². The number of hydrogen-bond acceptors (Lipinski definition) is 3. The van der Waals surface area contributed by atoms with E-state index in [1.54, 1.807) is 0 Å². The Kier molecular flexibility index (Phi) is 19.2. The van der Waals surface area contributed by atoms with Crippen LogP contribution in [0.2, 0.25) is 64.4 Å². The van der Waals surface area contributed by atoms with Crippen molar-refractivity contribution in [3.8, 4) is 11.1 Å². The van der Waals surface area contributed by atoms with Crippen LogP contribution in [0.15, 0.2) is 206 Å². The fourth-order valence-electron chi connectivity index (χ4n) is 13.8. The van der Waals surface area contributed by atoms with Crippen molar-refractivity contribution in [1.82, 2.24) is 0 Å². The lowest BCUT2D eigenvalue weighted by Crippen LogP contribution is -2.48. The summed E-state index contributed by atoms with van der Waals surface area (Å²) in [5, 5.41) is 1.50. The summed E-state index contributed by atoms with van der Waals surface area (Å²) in [6.45, 7) is 27.9. The van der Waals surface area contributed by atoms with E-state index in [0.29, 0.717) is 11.8 Å². The van der Waals surface area contributed by atoms with Gasteiger partial charge in [0, 0.05) is 32.2 Å². The summed E-state index contributed by atoms with van der Waals surface area (Å²) < 4.78 is 22.8. The Balaban J connectivity index is 0.952. The van der Waals surface area contributed by atoms with Gasteiger partial charge >= 0.3 is 0 Å². The molecule has 0 aromatic heterocycles. The zero-order chi connectivity index (χ0) is 59.4. The molecule has 0 N–H and O–H groups in total. The van der Waals surface area contributed by atoms with Crippen LogP contribution in [-0.4, -0.2) is 25.0 Å². The van der Waals surface area contributed by atoms with E-state index in [2.05, 4.69) is 265 Å². The van der Waals surface area contributed by atoms with E-state index in [0.717, 1.165) is 88.4 Å². The van der Waals surface area contributed by atoms with Gasteiger partial charge in [-0.3, -0.25) is 0 Å². The third-order valence-electron chi connectivity index (χ3n) is 20.9. The van der Waals surface area contributed by atoms with Crippen molar-refractivity contribution in [3.05, 3.63) is 250 Å². The highest BCUT2D eigenvalue weighted by molar-refractivity contribution is 6.74. The third-order valence-corrected chi connectivity index (χ3v) is 35.3. The van der Waals surface area contributed by atoms with Crippen LogP contribution in [0.4, 0.5) is 0 Å². The second kappa shape index (κ2) is 25.4. The molecule has 0 heterocycles. The maximum atomic E-state index is 7.65. The highest BCUT2D eigenvalue weighted by Gasteiger charge is 2.47. The molecule has 0 saturated carbocycles. The van der Waals surface area contributed by atoms with Crippen molar-refractivity contribution in [3.63, 3.8) is 0 Å². The molecular formula is C75H94Cl2O3Si3. The lowest BCUT2D eigenvalue weighted by Gasteiger charge is -2.46. The summed E-state index contributed by atoms with van der Waals surface area (Å²) >= 11 is 12.7. The molecule has 5 aromatic carbocycles. The molecule has 8 heteroatoms. The Morgan fingerprint density at radius 1 is 0.349 bits per heavy atom. The molecule has 0 spiro atoms. The molecule has 438 valence electrons. The van der Waals surface area contributed by atoms with E-state index >= 15 is 0 Å². The Hall–Kier alpha value is -4.61. The zero-order valence-corrected chi connectivity index (χ0v) is 56.6. The van der Waals surface area contributed by atoms with Crippen LogP contribution in [0.25, 0.3) is 11.1 Å². The zero-order valence-electron chi connectivity index (χ0n) is 52.0. The first kappa shape index (κ1) is 62.9. The van der Waals surface area contributed by atoms with Gasteiger partial charge in [-0.1, -0.05) is 238 Å². The van der Waals surface area contributed by atoms with Crippen molar-refractivity contribution in [2.45, 2.75) is 184 Å². The maximum absolute atomic E-state index is 7.65. The number of rotatable bonds is 23. The molecule has 0 bridgehead atoms. The van der Waals surface area contributed by atoms with Crippen molar-refractivity contribution in [2.24, 2.45) is 11.3 Å². The number of benzene rings is 5. The average Bonchev–Trinajstić information content (AvgIpc) is 3.63. The Bertz CT molecular complexity index is 3140. The van der Waals surface area contributed by atoms with Crippen LogP contribution in [0, 0.1) is 11.3 Å². The molecule has 83 heavy (non-hydrogen) atoms. The van der Waals surface area contributed by atoms with Crippen LogP contribution < -0.4 is 0 Å². The molecule has 9 rings (SSSR count). The largest absolute Gasteiger partial charge is 0.401 e. The van der Waals surface area contributed by atoms with E-state index in [1.807, 2.05) is 24.3 Å². The van der Waals surface area contributed by atoms with Crippen molar-refractivity contribution in [2.75, 3.05) is 0 Å². The Labute approximate surface area is 514 Å². The third kappa shape index (κ3) is 12.7. The smallest absolute Gasteiger partial charge is 0.194 e. The van der Waals surface area contributed by atoms with Gasteiger partial charge in [0.2, 0.25) is 0 Å². The molecule has 1 unspecified atom stereocenters. The second-order valence-corrected chi connectivity index (χ2v) is 40.3. The first-order valence-electron chi connectivity index (χ1n) is 31.6. The first-order valence-corrected chi connectivity index (χ1v) is 40.0. The van der Waals surface area contributed by atoms with Gasteiger partial charge in [0.05, 0.1) is 0 Å². The van der Waals surface area contributed by atoms with Gasteiger partial charge in [0.1, 0.15) is 16.8 Å². The summed E-state index contributed by atoms with van der Waals surface area (Å²) in [7, 11) is -6.30. The van der Waals surface area contributed by atoms with E-state index < -0.39 is 41.8 Å². The lowest BCUT2D eigenvalue weighted by molar-refractivity contribution is 0.121. The maximum Gasteiger partial charge on any atom is 0.194 e. The fraction of sp³-hybridized carbons (Fsp3) is 0.413. The first-order chi connectivity index (χ1) is 39.8. The summed E-state index contributed by atoms with van der Waals surface area (Å²) in [5.74, 6) is 0.867. The van der Waals surface area contributed by atoms with Crippen molar-refractivity contribution >= 4 is 48.2 Å². The molecule has 4 aliphatic rings. The molecular weight excluding hydrogens is 1100 g/mol. The second-order valence-electron chi connectivity index (χ2n) is 25.3. The molecule has 0 saturated heterocycles. The van der Waals surface area contributed by atoms with E-state index in [9.17, 15) is 0 Å². The minimum Gasteiger partial charge on any atom is -0.401 e. The molecule has 2 atom stereocenters. The highest BCUT2D eigenvalue weighted by Crippen LogP contribution is 2.50. The van der Waals surface area contributed by atoms with Gasteiger partial charge < -0.3 is 13.3 Å². The van der Waals surface area contributed by atoms with E-state index in [-0.39, 0.29) is 16.2 Å². The standard InChI is InChI=1S/C75H94Cl2O3Si3/c1-13-81(14-2,15-3)78-73(52-50-72(12,51-53-73)63-32-24-59(25-33-63)58-22-30-62(31-23-58)70(10)46-48-71(11,49-47-70)64-38-42-68(76)43-39-64)65-34-26-60(27-35-65)61-28-36-66(37-29-61)74(79-82(16-4,17-5)18-6)54-56-75(57-55-74,67-40-44-69(77)45-41-67)80-83(19-7,20-8)21-9/h22,24-30,32-58,62H,13-21,23,31H2,1-12H3/t58-,62?,70?,71?,72?,73?,74?,75?/m0/s1. The Morgan fingerprint density at radius 2 is 0.639 bits per heavy atom. The van der Waals surface area contributed by atoms with Gasteiger partial charge in [-0.15, -0.1) is 0 Å². The van der Waals surface area contributed by atoms with E-state index in [4.69, 9.17) is 36.5 Å². The van der Waals surface area contributed by atoms with Gasteiger partial charge in [0.25, 0.3) is 0 Å². The molecule has 3 nitrogen and oxygen atoms in total. The summed E-state index contributed by atoms with van der Waals surface area (Å²) in [6, 6.07) is 53.8. The summed E-state index contributed by atoms with van der Waals surface area (Å²) in [6.07, 6.45) is 35.7. The number of allylic oxidation sites excluding steroid dienone is 8. The molecule has 0 amide bonds. The molecule has 0 fully saturated rings. The van der Waals surface area contributed by atoms with Crippen LogP contribution in [0.5, 0.6) is 0 Å². The monoisotopic (exact) mass is 1200 g/mol. The summed E-state index contributed by atoms with van der Waals surface area (Å²) in [4.78, 5) is 0. The Morgan fingerprint density at radius 3 is 0.952 bits per heavy atom. The van der Waals surface area contributed by atoms with E-state index in [1.165, 1.54) is 33.4 Å². The SMILES string of the molecule is CC[Si](CC)(CC)OC1(c2ccc(Cl)cc2)C=CC(O[Si](CC)(CC)CC)(c2ccc(-c3ccc(C4(O[Si](CC)(CC)CC)C=CC(C)(c5ccc([C@H]6C=CC(C7(C)C=CC(C)(c8ccc(Cl)cc8)C=C7)CC6)cc5)C=C4)cc3)cc2)C=C1. The molecule has 0 aliphatic heterocycles. The molecule has 0 radical (unpaired) electrons. The predicted octanol–water partition coefficient (Wildman–Crippen LogP) is 22.4. The van der Waals surface area contributed by atoms with Crippen molar-refractivity contribution < 1.29 is 13.3 Å². The van der Waals surface area contributed by atoms with Gasteiger partial charge in [-0.05, 0) is 192 Å². The quantitative estimate of drug-likeness (QED) is 0.0482. The topological polar surface area (TPSA) is 27.7 Å². The normalized spacial score (nSPS) is 27.8. The van der Waals surface area contributed by atoms with Crippen LogP contribution in [0.1, 0.15) is 135 Å². The predicted molar refractivity (Wildman–Crippen MR) is 363 cm³/mol. The summed E-state index contributed by atoms with van der Waals surface area (Å²) in [5.41, 5.74) is 7.15. The lowest BCUT2D eigenvalue weighted by atomic mass is 9.65. The highest BCUT2D eigenvalue weighted by atomic mass is 35.5. The van der Waals surface area contributed by atoms with Gasteiger partial charge in [-0.2, -0.15) is 0 Å². The minimum absolute atomic E-state index is 0.0112. The van der Waals surface area contributed by atoms with Crippen LogP contribution in [-0.2, 0) is 40.9 Å². The number of hydrogen-bond donors (Lipinski definition) is 0. The minimum atomic E-state index is -2.13. The van der Waals surface area contributed by atoms with Gasteiger partial charge in [-0.25, -0.2) is 0 Å². The molecule has 5 aromatic rings. The fourth-order valence-corrected chi connectivity index (χ4v) is 22.7.